The van der Waals surface area contributed by atoms with Crippen molar-refractivity contribution in [2.75, 3.05) is 18.4 Å². The number of hydrogen-bond acceptors (Lipinski definition) is 3. The van der Waals surface area contributed by atoms with E-state index >= 15 is 0 Å². The molecule has 24 heavy (non-hydrogen) atoms. The van der Waals surface area contributed by atoms with Gasteiger partial charge in [0.15, 0.2) is 0 Å². The third kappa shape index (κ3) is 4.26. The Kier molecular flexibility index (Phi) is 5.83. The lowest BCUT2D eigenvalue weighted by molar-refractivity contribution is -0.143. The second-order valence-corrected chi connectivity index (χ2v) is 6.67. The Morgan fingerprint density at radius 3 is 2.67 bits per heavy atom. The summed E-state index contributed by atoms with van der Waals surface area (Å²) in [7, 11) is 0. The number of benzene rings is 1. The van der Waals surface area contributed by atoms with E-state index in [0.717, 1.165) is 0 Å². The lowest BCUT2D eigenvalue weighted by Crippen LogP contribution is -2.42. The summed E-state index contributed by atoms with van der Waals surface area (Å²) < 4.78 is 0. The molecule has 0 aromatic heterocycles. The summed E-state index contributed by atoms with van der Waals surface area (Å²) in [5.74, 6) is -2.09. The molecular weight excluding hydrogens is 332 g/mol. The van der Waals surface area contributed by atoms with Gasteiger partial charge in [-0.05, 0) is 31.0 Å². The largest absolute Gasteiger partial charge is 0.481 e. The van der Waals surface area contributed by atoms with Crippen molar-refractivity contribution in [2.24, 2.45) is 11.8 Å². The fourth-order valence-electron chi connectivity index (χ4n) is 2.59. The van der Waals surface area contributed by atoms with Gasteiger partial charge in [-0.15, -0.1) is 0 Å². The number of carbonyl (C=O) groups is 3. The van der Waals surface area contributed by atoms with Crippen LogP contribution in [-0.4, -0.2) is 40.9 Å². The van der Waals surface area contributed by atoms with Crippen LogP contribution < -0.4 is 5.32 Å². The minimum Gasteiger partial charge on any atom is -0.481 e. The third-order valence-corrected chi connectivity index (χ3v) is 4.38. The molecule has 1 heterocycles. The van der Waals surface area contributed by atoms with Crippen molar-refractivity contribution in [1.82, 2.24) is 4.90 Å². The number of nitrogens with zero attached hydrogens (tertiary/aromatic N) is 1. The highest BCUT2D eigenvalue weighted by molar-refractivity contribution is 6.34. The van der Waals surface area contributed by atoms with Crippen LogP contribution in [0.15, 0.2) is 18.2 Å². The summed E-state index contributed by atoms with van der Waals surface area (Å²) in [6.45, 7) is 4.22. The first-order valence-corrected chi connectivity index (χ1v) is 8.30. The van der Waals surface area contributed by atoms with E-state index in [-0.39, 0.29) is 34.9 Å². The molecule has 2 rings (SSSR count). The number of aliphatic carboxylic acids is 1. The summed E-state index contributed by atoms with van der Waals surface area (Å²) >= 11 is 6.13. The fraction of sp³-hybridized carbons (Fsp3) is 0.471. The van der Waals surface area contributed by atoms with Crippen LogP contribution in [-0.2, 0) is 9.59 Å². The zero-order valence-electron chi connectivity index (χ0n) is 13.7. The fourth-order valence-corrected chi connectivity index (χ4v) is 2.79. The van der Waals surface area contributed by atoms with Gasteiger partial charge in [-0.3, -0.25) is 14.4 Å². The predicted octanol–water partition coefficient (Wildman–Crippen LogP) is 2.87. The molecule has 7 heteroatoms. The molecule has 6 nitrogen and oxygen atoms in total. The number of carboxylic acids is 1. The SMILES string of the molecule is CC(C)C(=O)Nc1ccc(Cl)c(C(=O)N2CCC[C@@H](C(=O)O)C2)c1. The molecule has 130 valence electrons. The van der Waals surface area contributed by atoms with Gasteiger partial charge in [-0.1, -0.05) is 25.4 Å². The van der Waals surface area contributed by atoms with Crippen molar-refractivity contribution in [3.8, 4) is 0 Å². The molecular formula is C17H21ClN2O4. The maximum absolute atomic E-state index is 12.7. The molecule has 1 fully saturated rings. The molecule has 1 atom stereocenters. The average molecular weight is 353 g/mol. The summed E-state index contributed by atoms with van der Waals surface area (Å²) in [6, 6.07) is 4.73. The highest BCUT2D eigenvalue weighted by atomic mass is 35.5. The molecule has 1 aliphatic heterocycles. The van der Waals surface area contributed by atoms with Gasteiger partial charge in [-0.25, -0.2) is 0 Å². The molecule has 0 radical (unpaired) electrons. The number of hydrogen-bond donors (Lipinski definition) is 2. The van der Waals surface area contributed by atoms with Crippen molar-refractivity contribution in [3.63, 3.8) is 0 Å². The van der Waals surface area contributed by atoms with Crippen LogP contribution in [0.3, 0.4) is 0 Å². The number of carboxylic acid groups (broad SMARTS) is 1. The Morgan fingerprint density at radius 2 is 2.04 bits per heavy atom. The molecule has 1 aromatic rings. The molecule has 0 unspecified atom stereocenters. The molecule has 2 N–H and O–H groups in total. The van der Waals surface area contributed by atoms with E-state index in [1.165, 1.54) is 11.0 Å². The minimum atomic E-state index is -0.892. The second-order valence-electron chi connectivity index (χ2n) is 6.27. The van der Waals surface area contributed by atoms with Crippen molar-refractivity contribution < 1.29 is 19.5 Å². The lowest BCUT2D eigenvalue weighted by Gasteiger charge is -2.31. The van der Waals surface area contributed by atoms with E-state index in [2.05, 4.69) is 5.32 Å². The zero-order valence-corrected chi connectivity index (χ0v) is 14.5. The van der Waals surface area contributed by atoms with Gasteiger partial charge in [0, 0.05) is 24.7 Å². The highest BCUT2D eigenvalue weighted by Crippen LogP contribution is 2.25. The minimum absolute atomic E-state index is 0.153. The van der Waals surface area contributed by atoms with Crippen molar-refractivity contribution in [3.05, 3.63) is 28.8 Å². The first kappa shape index (κ1) is 18.3. The molecule has 1 aromatic carbocycles. The van der Waals surface area contributed by atoms with Gasteiger partial charge in [0.25, 0.3) is 5.91 Å². The molecule has 1 saturated heterocycles. The maximum Gasteiger partial charge on any atom is 0.308 e. The Bertz CT molecular complexity index is 660. The van der Waals surface area contributed by atoms with Crippen LogP contribution in [0, 0.1) is 11.8 Å². The van der Waals surface area contributed by atoms with Crippen LogP contribution in [0.5, 0.6) is 0 Å². The van der Waals surface area contributed by atoms with E-state index in [4.69, 9.17) is 16.7 Å². The van der Waals surface area contributed by atoms with E-state index in [1.807, 2.05) is 0 Å². The van der Waals surface area contributed by atoms with Crippen molar-refractivity contribution in [2.45, 2.75) is 26.7 Å². The van der Waals surface area contributed by atoms with Gasteiger partial charge in [-0.2, -0.15) is 0 Å². The zero-order chi connectivity index (χ0) is 17.9. The summed E-state index contributed by atoms with van der Waals surface area (Å²) in [5, 5.41) is 12.2. The van der Waals surface area contributed by atoms with Crippen LogP contribution in [0.1, 0.15) is 37.0 Å². The number of carbonyl (C=O) groups excluding carboxylic acids is 2. The Hall–Kier alpha value is -2.08. The third-order valence-electron chi connectivity index (χ3n) is 4.05. The van der Waals surface area contributed by atoms with Gasteiger partial charge in [0.2, 0.25) is 5.91 Å². The van der Waals surface area contributed by atoms with Crippen molar-refractivity contribution in [1.29, 1.82) is 0 Å². The molecule has 0 saturated carbocycles. The smallest absolute Gasteiger partial charge is 0.308 e. The average Bonchev–Trinajstić information content (AvgIpc) is 2.55. The first-order chi connectivity index (χ1) is 11.3. The lowest BCUT2D eigenvalue weighted by atomic mass is 9.97. The van der Waals surface area contributed by atoms with Gasteiger partial charge >= 0.3 is 5.97 Å². The number of nitrogens with one attached hydrogen (secondary N) is 1. The van der Waals surface area contributed by atoms with Crippen LogP contribution >= 0.6 is 11.6 Å². The van der Waals surface area contributed by atoms with E-state index in [0.29, 0.717) is 25.1 Å². The van der Waals surface area contributed by atoms with Crippen LogP contribution in [0.4, 0.5) is 5.69 Å². The normalized spacial score (nSPS) is 17.7. The Balaban J connectivity index is 2.19. The number of halogens is 1. The van der Waals surface area contributed by atoms with Gasteiger partial charge in [0.05, 0.1) is 16.5 Å². The van der Waals surface area contributed by atoms with Crippen LogP contribution in [0.2, 0.25) is 5.02 Å². The van der Waals surface area contributed by atoms with E-state index in [1.54, 1.807) is 26.0 Å². The number of rotatable bonds is 4. The van der Waals surface area contributed by atoms with E-state index in [9.17, 15) is 14.4 Å². The molecule has 0 spiro atoms. The Morgan fingerprint density at radius 1 is 1.33 bits per heavy atom. The topological polar surface area (TPSA) is 86.7 Å². The monoisotopic (exact) mass is 352 g/mol. The molecule has 0 aliphatic carbocycles. The van der Waals surface area contributed by atoms with Crippen LogP contribution in [0.25, 0.3) is 0 Å². The second kappa shape index (κ2) is 7.66. The number of likely N-dealkylation sites (tertiary alicyclic amines) is 1. The number of amides is 2. The predicted molar refractivity (Wildman–Crippen MR) is 91.2 cm³/mol. The first-order valence-electron chi connectivity index (χ1n) is 7.92. The maximum atomic E-state index is 12.7. The van der Waals surface area contributed by atoms with Crippen molar-refractivity contribution >= 4 is 35.1 Å². The van der Waals surface area contributed by atoms with E-state index < -0.39 is 11.9 Å². The molecule has 2 amide bonds. The quantitative estimate of drug-likeness (QED) is 0.872. The Labute approximate surface area is 145 Å². The standard InChI is InChI=1S/C17H21ClN2O4/c1-10(2)15(21)19-12-5-6-14(18)13(8-12)16(22)20-7-3-4-11(9-20)17(23)24/h5-6,8,10-11H,3-4,7,9H2,1-2H3,(H,19,21)(H,23,24)/t11-/m1/s1. The molecule has 1 aliphatic rings. The summed E-state index contributed by atoms with van der Waals surface area (Å²) in [5.41, 5.74) is 0.762. The number of anilines is 1. The summed E-state index contributed by atoms with van der Waals surface area (Å²) in [6.07, 6.45) is 1.21. The molecule has 0 bridgehead atoms. The number of piperidine rings is 1. The van der Waals surface area contributed by atoms with Gasteiger partial charge in [0.1, 0.15) is 0 Å². The van der Waals surface area contributed by atoms with Gasteiger partial charge < -0.3 is 15.3 Å². The summed E-state index contributed by atoms with van der Waals surface area (Å²) in [4.78, 5) is 37.2. The highest BCUT2D eigenvalue weighted by Gasteiger charge is 2.29.